The van der Waals surface area contributed by atoms with Gasteiger partial charge in [-0.3, -0.25) is 0 Å². The van der Waals surface area contributed by atoms with E-state index >= 15 is 0 Å². The molecule has 8 nitrogen and oxygen atoms in total. The molecule has 6 aliphatic rings. The number of aliphatic hydroxyl groups is 1. The van der Waals surface area contributed by atoms with Crippen LogP contribution in [0.3, 0.4) is 0 Å². The maximum Gasteiger partial charge on any atom is 0.229 e. The molecule has 0 amide bonds. The molecule has 2 aliphatic heterocycles. The first-order chi connectivity index (χ1) is 20.8. The second-order valence-corrected chi connectivity index (χ2v) is 14.2. The molecule has 1 aromatic heterocycles. The van der Waals surface area contributed by atoms with Gasteiger partial charge in [-0.2, -0.15) is 4.98 Å². The normalized spacial score (nSPS) is 29.8. The molecular formula is C35H45N7O. The lowest BCUT2D eigenvalue weighted by Gasteiger charge is -2.53. The minimum Gasteiger partial charge on any atom is -0.369 e. The summed E-state index contributed by atoms with van der Waals surface area (Å²) in [4.78, 5) is 19.4. The predicted molar refractivity (Wildman–Crippen MR) is 173 cm³/mol. The number of aliphatic hydroxyl groups excluding tert-OH is 1. The van der Waals surface area contributed by atoms with Crippen molar-refractivity contribution in [2.45, 2.75) is 71.3 Å². The topological polar surface area (TPSA) is 71.0 Å². The summed E-state index contributed by atoms with van der Waals surface area (Å²) < 4.78 is 0. The minimum atomic E-state index is -0.768. The molecule has 226 valence electrons. The number of hydrogen-bond donors (Lipinski definition) is 2. The van der Waals surface area contributed by atoms with Crippen molar-refractivity contribution in [1.29, 1.82) is 0 Å². The van der Waals surface area contributed by atoms with E-state index in [1.165, 1.54) is 41.6 Å². The summed E-state index contributed by atoms with van der Waals surface area (Å²) in [6.45, 7) is 11.4. The maximum absolute atomic E-state index is 12.4. The molecule has 3 unspecified atom stereocenters. The highest BCUT2D eigenvalue weighted by Crippen LogP contribution is 2.64. The molecule has 0 spiro atoms. The number of likely N-dealkylation sites (N-methyl/N-ethyl adjacent to an activating group) is 1. The van der Waals surface area contributed by atoms with E-state index in [1.54, 1.807) is 0 Å². The van der Waals surface area contributed by atoms with E-state index in [-0.39, 0.29) is 5.54 Å². The Labute approximate surface area is 255 Å². The Kier molecular flexibility index (Phi) is 6.39. The monoisotopic (exact) mass is 579 g/mol. The molecule has 1 saturated heterocycles. The van der Waals surface area contributed by atoms with Gasteiger partial charge in [-0.05, 0) is 119 Å². The van der Waals surface area contributed by atoms with Gasteiger partial charge in [0.1, 0.15) is 5.82 Å². The molecule has 4 saturated carbocycles. The highest BCUT2D eigenvalue weighted by Gasteiger charge is 2.63. The molecular weight excluding hydrogens is 534 g/mol. The molecule has 4 bridgehead atoms. The first-order valence-corrected chi connectivity index (χ1v) is 16.3. The summed E-state index contributed by atoms with van der Waals surface area (Å²) in [5.74, 6) is 3.65. The van der Waals surface area contributed by atoms with Gasteiger partial charge in [0.15, 0.2) is 0 Å². The summed E-state index contributed by atoms with van der Waals surface area (Å²) >= 11 is 0. The number of nitrogens with one attached hydrogen (secondary N) is 1. The van der Waals surface area contributed by atoms with Crippen molar-refractivity contribution in [3.63, 3.8) is 0 Å². The Bertz CT molecular complexity index is 1520. The van der Waals surface area contributed by atoms with Crippen LogP contribution in [0.2, 0.25) is 0 Å². The molecule has 8 heteroatoms. The van der Waals surface area contributed by atoms with Crippen molar-refractivity contribution in [2.75, 3.05) is 53.2 Å². The van der Waals surface area contributed by atoms with Crippen molar-refractivity contribution < 1.29 is 5.11 Å². The van der Waals surface area contributed by atoms with E-state index in [0.717, 1.165) is 73.6 Å². The molecule has 3 heterocycles. The number of fused-ring (bicyclic) bond motifs is 1. The van der Waals surface area contributed by atoms with Gasteiger partial charge < -0.3 is 30.0 Å². The van der Waals surface area contributed by atoms with Gasteiger partial charge in [-0.25, -0.2) is 4.98 Å². The molecule has 5 fully saturated rings. The zero-order valence-electron chi connectivity index (χ0n) is 26.1. The molecule has 9 rings (SSSR count). The number of anilines is 5. The SMILES string of the molecule is Cc1ccc(C)c(N2Cc3cnc(Nc4ccc(N5CCN(C)CC5)cc4)nc3N(C34CC5CC(CC3C5)C4)C2O)c1C. The van der Waals surface area contributed by atoms with Gasteiger partial charge in [0, 0.05) is 60.5 Å². The second kappa shape index (κ2) is 10.1. The molecule has 2 N–H and O–H groups in total. The van der Waals surface area contributed by atoms with Gasteiger partial charge in [0.2, 0.25) is 12.3 Å². The van der Waals surface area contributed by atoms with Crippen LogP contribution in [0.15, 0.2) is 42.6 Å². The van der Waals surface area contributed by atoms with E-state index in [2.05, 4.69) is 89.1 Å². The van der Waals surface area contributed by atoms with Crippen LogP contribution in [0.5, 0.6) is 0 Å². The summed E-state index contributed by atoms with van der Waals surface area (Å²) in [5.41, 5.74) is 8.10. The van der Waals surface area contributed by atoms with Crippen LogP contribution >= 0.6 is 0 Å². The fraction of sp³-hybridized carbons (Fsp3) is 0.543. The maximum atomic E-state index is 12.4. The van der Waals surface area contributed by atoms with Gasteiger partial charge in [-0.15, -0.1) is 0 Å². The van der Waals surface area contributed by atoms with Gasteiger partial charge in [-0.1, -0.05) is 12.1 Å². The molecule has 3 aromatic rings. The minimum absolute atomic E-state index is 0.0398. The van der Waals surface area contributed by atoms with Crippen molar-refractivity contribution in [3.05, 3.63) is 64.8 Å². The van der Waals surface area contributed by atoms with E-state index in [4.69, 9.17) is 9.97 Å². The van der Waals surface area contributed by atoms with Crippen LogP contribution in [-0.2, 0) is 6.54 Å². The Hall–Kier alpha value is -3.36. The third-order valence-corrected chi connectivity index (χ3v) is 11.5. The number of aromatic nitrogens is 2. The second-order valence-electron chi connectivity index (χ2n) is 14.2. The lowest BCUT2D eigenvalue weighted by molar-refractivity contribution is 0.106. The van der Waals surface area contributed by atoms with Gasteiger partial charge in [0.25, 0.3) is 0 Å². The average molecular weight is 580 g/mol. The fourth-order valence-corrected chi connectivity index (χ4v) is 9.40. The van der Waals surface area contributed by atoms with Crippen LogP contribution in [0, 0.1) is 38.5 Å². The van der Waals surface area contributed by atoms with Gasteiger partial charge >= 0.3 is 0 Å². The molecule has 2 aromatic carbocycles. The summed E-state index contributed by atoms with van der Waals surface area (Å²) in [6.07, 6.45) is 7.47. The Morgan fingerprint density at radius 3 is 2.30 bits per heavy atom. The number of aryl methyl sites for hydroxylation is 2. The first-order valence-electron chi connectivity index (χ1n) is 16.3. The first kappa shape index (κ1) is 27.2. The van der Waals surface area contributed by atoms with E-state index < -0.39 is 6.35 Å². The summed E-state index contributed by atoms with van der Waals surface area (Å²) in [6, 6.07) is 13.0. The van der Waals surface area contributed by atoms with E-state index in [0.29, 0.717) is 18.4 Å². The number of nitrogens with zero attached hydrogens (tertiary/aromatic N) is 6. The summed E-state index contributed by atoms with van der Waals surface area (Å²) in [5, 5.41) is 15.9. The van der Waals surface area contributed by atoms with Crippen LogP contribution < -0.4 is 20.0 Å². The van der Waals surface area contributed by atoms with Crippen molar-refractivity contribution in [3.8, 4) is 0 Å². The lowest BCUT2D eigenvalue weighted by Crippen LogP contribution is -2.63. The van der Waals surface area contributed by atoms with Crippen molar-refractivity contribution >= 4 is 28.8 Å². The number of rotatable bonds is 5. The zero-order valence-corrected chi connectivity index (χ0v) is 26.1. The number of benzene rings is 2. The van der Waals surface area contributed by atoms with E-state index in [1.807, 2.05) is 6.20 Å². The Morgan fingerprint density at radius 2 is 1.58 bits per heavy atom. The standard InChI is InChI=1S/C35H45N7O/c1-22-5-6-23(2)31(24(22)3)41-21-27-20-36-33(37-29-7-9-30(10-8-29)40-13-11-39(4)12-14-40)38-32(27)42(34(41)43)35-18-25-15-26(19-35)17-28(35)16-25/h5-10,20,25-26,28,34,43H,11-19,21H2,1-4H3,(H,36,37,38). The zero-order chi connectivity index (χ0) is 29.5. The Morgan fingerprint density at radius 1 is 0.884 bits per heavy atom. The fourth-order valence-electron chi connectivity index (χ4n) is 9.40. The molecule has 3 atom stereocenters. The highest BCUT2D eigenvalue weighted by molar-refractivity contribution is 5.68. The van der Waals surface area contributed by atoms with Crippen LogP contribution in [-0.4, -0.2) is 65.1 Å². The number of piperazine rings is 1. The molecule has 4 aliphatic carbocycles. The average Bonchev–Trinajstić information content (AvgIpc) is 3.39. The lowest BCUT2D eigenvalue weighted by atomic mass is 9.79. The van der Waals surface area contributed by atoms with Crippen molar-refractivity contribution in [1.82, 2.24) is 14.9 Å². The highest BCUT2D eigenvalue weighted by atomic mass is 16.3. The largest absolute Gasteiger partial charge is 0.369 e. The predicted octanol–water partition coefficient (Wildman–Crippen LogP) is 5.58. The molecule has 0 radical (unpaired) electrons. The van der Waals surface area contributed by atoms with Gasteiger partial charge in [0.05, 0.1) is 6.54 Å². The molecule has 43 heavy (non-hydrogen) atoms. The summed E-state index contributed by atoms with van der Waals surface area (Å²) in [7, 11) is 2.19. The smallest absolute Gasteiger partial charge is 0.229 e. The van der Waals surface area contributed by atoms with Crippen LogP contribution in [0.1, 0.15) is 54.4 Å². The van der Waals surface area contributed by atoms with Crippen LogP contribution in [0.4, 0.5) is 28.8 Å². The quantitative estimate of drug-likeness (QED) is 0.406. The number of hydrogen-bond acceptors (Lipinski definition) is 8. The Balaban J connectivity index is 1.14. The van der Waals surface area contributed by atoms with Crippen molar-refractivity contribution in [2.24, 2.45) is 17.8 Å². The third kappa shape index (κ3) is 4.40. The third-order valence-electron chi connectivity index (χ3n) is 11.5. The van der Waals surface area contributed by atoms with E-state index in [9.17, 15) is 5.11 Å². The van der Waals surface area contributed by atoms with Crippen LogP contribution in [0.25, 0.3) is 0 Å².